The van der Waals surface area contributed by atoms with Crippen molar-refractivity contribution in [1.29, 1.82) is 0 Å². The average Bonchev–Trinajstić information content (AvgIpc) is 3.05. The second-order valence-corrected chi connectivity index (χ2v) is 6.01. The van der Waals surface area contributed by atoms with Crippen molar-refractivity contribution in [3.05, 3.63) is 24.3 Å². The van der Waals surface area contributed by atoms with E-state index in [1.807, 2.05) is 0 Å². The molecule has 3 heterocycles. The molecule has 0 amide bonds. The Bertz CT molecular complexity index is 598. The predicted molar refractivity (Wildman–Crippen MR) is 81.0 cm³/mol. The number of H-pyrrole nitrogens is 1. The molecule has 1 saturated heterocycles. The second kappa shape index (κ2) is 5.09. The molecule has 0 unspecified atom stereocenters. The molecule has 106 valence electrons. The highest BCUT2D eigenvalue weighted by Crippen LogP contribution is 2.19. The molecule has 0 spiro atoms. The molecule has 4 heteroatoms. The lowest BCUT2D eigenvalue weighted by Crippen LogP contribution is -2.37. The van der Waals surface area contributed by atoms with Crippen molar-refractivity contribution in [1.82, 2.24) is 9.88 Å². The molecule has 2 aromatic rings. The van der Waals surface area contributed by atoms with E-state index in [9.17, 15) is 0 Å². The number of hydrogen-bond donors (Lipinski definition) is 1. The number of imidazole rings is 1. The van der Waals surface area contributed by atoms with Gasteiger partial charge in [-0.15, -0.1) is 0 Å². The largest absolute Gasteiger partial charge is 0.358 e. The number of fused-ring (bicyclic) bond motifs is 3. The minimum Gasteiger partial charge on any atom is -0.300 e. The van der Waals surface area contributed by atoms with Gasteiger partial charge in [-0.2, -0.15) is 0 Å². The van der Waals surface area contributed by atoms with E-state index in [1.54, 1.807) is 0 Å². The SMILES string of the molecule is c1ccc2c(c1)[nH]c1[n+]2CCN1CCN1CCCCC1. The number of piperidine rings is 1. The summed E-state index contributed by atoms with van der Waals surface area (Å²) in [5, 5.41) is 0. The van der Waals surface area contributed by atoms with Gasteiger partial charge in [-0.05, 0) is 38.1 Å². The zero-order valence-corrected chi connectivity index (χ0v) is 12.0. The van der Waals surface area contributed by atoms with E-state index in [4.69, 9.17) is 0 Å². The summed E-state index contributed by atoms with van der Waals surface area (Å²) in [6.45, 7) is 7.19. The summed E-state index contributed by atoms with van der Waals surface area (Å²) < 4.78 is 2.42. The van der Waals surface area contributed by atoms with E-state index in [0.29, 0.717) is 0 Å². The lowest BCUT2D eigenvalue weighted by atomic mass is 10.1. The van der Waals surface area contributed by atoms with Gasteiger partial charge in [0.15, 0.2) is 0 Å². The molecule has 1 fully saturated rings. The topological polar surface area (TPSA) is 26.1 Å². The Hall–Kier alpha value is -1.55. The summed E-state index contributed by atoms with van der Waals surface area (Å²) in [5.74, 6) is 1.29. The molecule has 0 saturated carbocycles. The Morgan fingerprint density at radius 1 is 1.00 bits per heavy atom. The third kappa shape index (κ3) is 2.08. The molecule has 4 rings (SSSR count). The summed E-state index contributed by atoms with van der Waals surface area (Å²) in [4.78, 5) is 8.71. The van der Waals surface area contributed by atoms with Crippen LogP contribution in [0.5, 0.6) is 0 Å². The number of rotatable bonds is 3. The van der Waals surface area contributed by atoms with Gasteiger partial charge >= 0.3 is 5.95 Å². The summed E-state index contributed by atoms with van der Waals surface area (Å²) >= 11 is 0. The zero-order valence-electron chi connectivity index (χ0n) is 12.0. The highest BCUT2D eigenvalue weighted by atomic mass is 15.4. The molecule has 1 aromatic heterocycles. The number of aromatic nitrogens is 2. The second-order valence-electron chi connectivity index (χ2n) is 6.01. The summed E-state index contributed by atoms with van der Waals surface area (Å²) in [7, 11) is 0. The molecule has 2 aliphatic rings. The molecule has 0 bridgehead atoms. The third-order valence-corrected chi connectivity index (χ3v) is 4.72. The van der Waals surface area contributed by atoms with Gasteiger partial charge in [-0.1, -0.05) is 18.6 Å². The van der Waals surface area contributed by atoms with Crippen LogP contribution in [0.15, 0.2) is 24.3 Å². The first-order valence-electron chi connectivity index (χ1n) is 7.90. The Kier molecular flexibility index (Phi) is 3.11. The molecule has 20 heavy (non-hydrogen) atoms. The van der Waals surface area contributed by atoms with Gasteiger partial charge < -0.3 is 4.90 Å². The number of nitrogens with zero attached hydrogens (tertiary/aromatic N) is 3. The molecule has 0 aliphatic carbocycles. The van der Waals surface area contributed by atoms with Gasteiger partial charge in [-0.3, -0.25) is 4.90 Å². The number of benzene rings is 1. The maximum Gasteiger partial charge on any atom is 0.358 e. The van der Waals surface area contributed by atoms with Crippen LogP contribution in [0.2, 0.25) is 0 Å². The lowest BCUT2D eigenvalue weighted by molar-refractivity contribution is -0.644. The Balaban J connectivity index is 1.49. The van der Waals surface area contributed by atoms with Crippen LogP contribution in [0.4, 0.5) is 5.95 Å². The first kappa shape index (κ1) is 12.2. The third-order valence-electron chi connectivity index (χ3n) is 4.72. The maximum atomic E-state index is 3.58. The lowest BCUT2D eigenvalue weighted by Gasteiger charge is -2.26. The molecule has 0 atom stereocenters. The quantitative estimate of drug-likeness (QED) is 0.861. The molecular formula is C16H23N4+. The number of nitrogens with one attached hydrogen (secondary N) is 1. The molecule has 0 radical (unpaired) electrons. The van der Waals surface area contributed by atoms with Gasteiger partial charge in [0.2, 0.25) is 0 Å². The number of aromatic amines is 1. The van der Waals surface area contributed by atoms with Gasteiger partial charge in [0.25, 0.3) is 0 Å². The van der Waals surface area contributed by atoms with Gasteiger partial charge in [0.05, 0.1) is 13.1 Å². The summed E-state index contributed by atoms with van der Waals surface area (Å²) in [6.07, 6.45) is 4.18. The molecular weight excluding hydrogens is 248 g/mol. The van der Waals surface area contributed by atoms with Crippen LogP contribution < -0.4 is 9.47 Å². The van der Waals surface area contributed by atoms with Crippen molar-refractivity contribution in [3.63, 3.8) is 0 Å². The first-order valence-corrected chi connectivity index (χ1v) is 7.90. The highest BCUT2D eigenvalue weighted by Gasteiger charge is 2.30. The van der Waals surface area contributed by atoms with E-state index in [2.05, 4.69) is 43.6 Å². The Morgan fingerprint density at radius 2 is 1.85 bits per heavy atom. The highest BCUT2D eigenvalue weighted by molar-refractivity contribution is 5.73. The number of hydrogen-bond acceptors (Lipinski definition) is 2. The molecule has 1 N–H and O–H groups in total. The molecule has 2 aliphatic heterocycles. The number of anilines is 1. The van der Waals surface area contributed by atoms with Gasteiger partial charge in [0, 0.05) is 6.54 Å². The van der Waals surface area contributed by atoms with Crippen LogP contribution in [0.25, 0.3) is 11.0 Å². The van der Waals surface area contributed by atoms with E-state index in [1.165, 1.54) is 55.9 Å². The monoisotopic (exact) mass is 271 g/mol. The standard InChI is InChI=1S/C16H22N4/c1-4-8-18(9-5-1)10-11-19-12-13-20-15-7-3-2-6-14(15)17-16(19)20/h2-3,6-7H,1,4-5,8-13H2/p+1. The first-order chi connectivity index (χ1) is 9.92. The normalized spacial score (nSPS) is 19.7. The van der Waals surface area contributed by atoms with Crippen molar-refractivity contribution in [3.8, 4) is 0 Å². The van der Waals surface area contributed by atoms with Crippen LogP contribution >= 0.6 is 0 Å². The van der Waals surface area contributed by atoms with E-state index in [-0.39, 0.29) is 0 Å². The van der Waals surface area contributed by atoms with Gasteiger partial charge in [0.1, 0.15) is 17.6 Å². The predicted octanol–water partition coefficient (Wildman–Crippen LogP) is 1.76. The van der Waals surface area contributed by atoms with Crippen LogP contribution in [0.3, 0.4) is 0 Å². The van der Waals surface area contributed by atoms with Crippen LogP contribution in [0.1, 0.15) is 19.3 Å². The fraction of sp³-hybridized carbons (Fsp3) is 0.562. The van der Waals surface area contributed by atoms with Crippen LogP contribution in [-0.2, 0) is 6.54 Å². The fourth-order valence-electron chi connectivity index (χ4n) is 3.58. The minimum absolute atomic E-state index is 1.11. The van der Waals surface area contributed by atoms with Crippen LogP contribution in [-0.4, -0.2) is 42.6 Å². The maximum absolute atomic E-state index is 3.58. The summed E-state index contributed by atoms with van der Waals surface area (Å²) in [5.41, 5.74) is 2.59. The van der Waals surface area contributed by atoms with Crippen LogP contribution in [0, 0.1) is 0 Å². The molecule has 1 aromatic carbocycles. The zero-order chi connectivity index (χ0) is 13.4. The van der Waals surface area contributed by atoms with Crippen molar-refractivity contribution in [2.45, 2.75) is 25.8 Å². The van der Waals surface area contributed by atoms with Crippen molar-refractivity contribution in [2.24, 2.45) is 0 Å². The van der Waals surface area contributed by atoms with E-state index in [0.717, 1.165) is 19.6 Å². The minimum atomic E-state index is 1.11. The Labute approximate surface area is 120 Å². The molecule has 4 nitrogen and oxygen atoms in total. The Morgan fingerprint density at radius 3 is 2.75 bits per heavy atom. The number of likely N-dealkylation sites (tertiary alicyclic amines) is 1. The summed E-state index contributed by atoms with van der Waals surface area (Å²) in [6, 6.07) is 8.61. The van der Waals surface area contributed by atoms with E-state index < -0.39 is 0 Å². The number of para-hydroxylation sites is 2. The van der Waals surface area contributed by atoms with E-state index >= 15 is 0 Å². The average molecular weight is 271 g/mol. The van der Waals surface area contributed by atoms with Crippen molar-refractivity contribution < 1.29 is 4.57 Å². The van der Waals surface area contributed by atoms with Crippen molar-refractivity contribution in [2.75, 3.05) is 37.6 Å². The van der Waals surface area contributed by atoms with Crippen molar-refractivity contribution >= 4 is 17.0 Å². The fourth-order valence-corrected chi connectivity index (χ4v) is 3.58. The van der Waals surface area contributed by atoms with Gasteiger partial charge in [-0.25, -0.2) is 9.55 Å². The smallest absolute Gasteiger partial charge is 0.300 e.